The zero-order valence-corrected chi connectivity index (χ0v) is 24.8. The molecular formula is C40H37N3. The van der Waals surface area contributed by atoms with Gasteiger partial charge in [-0.2, -0.15) is 0 Å². The minimum atomic E-state index is 0.0112. The molecule has 0 unspecified atom stereocenters. The summed E-state index contributed by atoms with van der Waals surface area (Å²) >= 11 is 0. The molecule has 0 N–H and O–H groups in total. The van der Waals surface area contributed by atoms with Gasteiger partial charge in [0.2, 0.25) is 0 Å². The maximum absolute atomic E-state index is 4.93. The molecule has 1 saturated carbocycles. The normalized spacial score (nSPS) is 15.0. The van der Waals surface area contributed by atoms with Gasteiger partial charge in [-0.3, -0.25) is 0 Å². The van der Waals surface area contributed by atoms with Crippen molar-refractivity contribution in [1.82, 2.24) is 15.0 Å². The van der Waals surface area contributed by atoms with Crippen molar-refractivity contribution in [2.75, 3.05) is 0 Å². The Labute approximate surface area is 255 Å². The van der Waals surface area contributed by atoms with Crippen molar-refractivity contribution in [1.29, 1.82) is 0 Å². The van der Waals surface area contributed by atoms with Crippen LogP contribution in [0.15, 0.2) is 140 Å². The average Bonchev–Trinajstić information content (AvgIpc) is 3.09. The molecule has 1 aliphatic rings. The van der Waals surface area contributed by atoms with Gasteiger partial charge >= 0.3 is 0 Å². The summed E-state index contributed by atoms with van der Waals surface area (Å²) in [6.07, 6.45) is 13.8. The molecule has 1 fully saturated rings. The lowest BCUT2D eigenvalue weighted by Crippen LogP contribution is -2.30. The van der Waals surface area contributed by atoms with E-state index in [1.54, 1.807) is 6.08 Å². The SMILES string of the molecule is C=C/C=C(\C=C/C)c1nc(-c2ccccc2)nc(-c2ccc(C3(c4ccc(-c5ccccc5)cc4)CCCCC3)cc2)n1. The zero-order chi connectivity index (χ0) is 29.5. The highest BCUT2D eigenvalue weighted by Crippen LogP contribution is 2.45. The predicted octanol–water partition coefficient (Wildman–Crippen LogP) is 10.3. The average molecular weight is 560 g/mol. The summed E-state index contributed by atoms with van der Waals surface area (Å²) in [4.78, 5) is 14.7. The minimum Gasteiger partial charge on any atom is -0.208 e. The second kappa shape index (κ2) is 13.0. The quantitative estimate of drug-likeness (QED) is 0.178. The first-order valence-electron chi connectivity index (χ1n) is 15.2. The van der Waals surface area contributed by atoms with E-state index in [-0.39, 0.29) is 5.41 Å². The van der Waals surface area contributed by atoms with E-state index < -0.39 is 0 Å². The molecule has 0 bridgehead atoms. The van der Waals surface area contributed by atoms with Crippen LogP contribution in [0, 0.1) is 0 Å². The molecule has 0 saturated heterocycles. The third-order valence-electron chi connectivity index (χ3n) is 8.52. The van der Waals surface area contributed by atoms with E-state index in [1.165, 1.54) is 41.5 Å². The predicted molar refractivity (Wildman–Crippen MR) is 179 cm³/mol. The fourth-order valence-electron chi connectivity index (χ4n) is 6.31. The first kappa shape index (κ1) is 28.2. The van der Waals surface area contributed by atoms with E-state index in [2.05, 4.69) is 85.4 Å². The smallest absolute Gasteiger partial charge is 0.164 e. The van der Waals surface area contributed by atoms with Gasteiger partial charge in [-0.15, -0.1) is 0 Å². The Morgan fingerprint density at radius 2 is 1.09 bits per heavy atom. The molecule has 0 amide bonds. The van der Waals surface area contributed by atoms with Crippen LogP contribution in [0.5, 0.6) is 0 Å². The van der Waals surface area contributed by atoms with Crippen LogP contribution in [0.25, 0.3) is 39.5 Å². The van der Waals surface area contributed by atoms with E-state index in [9.17, 15) is 0 Å². The minimum absolute atomic E-state index is 0.0112. The molecule has 1 aromatic heterocycles. The van der Waals surface area contributed by atoms with Gasteiger partial charge in [-0.05, 0) is 42.0 Å². The van der Waals surface area contributed by atoms with Gasteiger partial charge < -0.3 is 0 Å². The summed E-state index contributed by atoms with van der Waals surface area (Å²) in [5.74, 6) is 1.96. The molecule has 43 heavy (non-hydrogen) atoms. The van der Waals surface area contributed by atoms with E-state index >= 15 is 0 Å². The number of hydrogen-bond acceptors (Lipinski definition) is 3. The topological polar surface area (TPSA) is 38.7 Å². The number of benzene rings is 4. The molecule has 0 radical (unpaired) electrons. The monoisotopic (exact) mass is 559 g/mol. The molecule has 4 aromatic carbocycles. The standard InChI is InChI=1S/C40H37N3/c1-3-14-32(15-4-2)37-41-38(33-18-10-6-11-19-33)43-39(42-37)34-22-26-36(27-23-34)40(28-12-7-13-29-40)35-24-20-31(21-25-35)30-16-8-5-9-17-30/h3-6,8-11,14-27H,1,7,12-13,28-29H2,2H3/b15-4-,32-14+. The Bertz CT molecular complexity index is 1730. The summed E-state index contributed by atoms with van der Waals surface area (Å²) in [5.41, 5.74) is 8.13. The first-order chi connectivity index (χ1) is 21.2. The summed E-state index contributed by atoms with van der Waals surface area (Å²) in [6.45, 7) is 5.89. The molecule has 5 aromatic rings. The van der Waals surface area contributed by atoms with E-state index in [4.69, 9.17) is 15.0 Å². The maximum Gasteiger partial charge on any atom is 0.164 e. The zero-order valence-electron chi connectivity index (χ0n) is 24.8. The Balaban J connectivity index is 1.39. The summed E-state index contributed by atoms with van der Waals surface area (Å²) < 4.78 is 0. The molecule has 0 spiro atoms. The van der Waals surface area contributed by atoms with E-state index in [0.717, 1.165) is 29.5 Å². The van der Waals surface area contributed by atoms with Gasteiger partial charge in [0, 0.05) is 22.1 Å². The van der Waals surface area contributed by atoms with E-state index in [0.29, 0.717) is 17.5 Å². The van der Waals surface area contributed by atoms with Crippen LogP contribution >= 0.6 is 0 Å². The van der Waals surface area contributed by atoms with Crippen molar-refractivity contribution in [2.24, 2.45) is 0 Å². The third-order valence-corrected chi connectivity index (χ3v) is 8.52. The van der Waals surface area contributed by atoms with Crippen molar-refractivity contribution in [3.05, 3.63) is 157 Å². The number of rotatable bonds is 8. The van der Waals surface area contributed by atoms with Gasteiger partial charge in [0.1, 0.15) is 0 Å². The lowest BCUT2D eigenvalue weighted by atomic mass is 9.65. The van der Waals surface area contributed by atoms with Crippen molar-refractivity contribution in [2.45, 2.75) is 44.4 Å². The number of nitrogens with zero attached hydrogens (tertiary/aromatic N) is 3. The van der Waals surface area contributed by atoms with Crippen LogP contribution in [0.3, 0.4) is 0 Å². The lowest BCUT2D eigenvalue weighted by molar-refractivity contribution is 0.346. The molecular weight excluding hydrogens is 522 g/mol. The molecule has 1 heterocycles. The van der Waals surface area contributed by atoms with Crippen LogP contribution in [-0.4, -0.2) is 15.0 Å². The van der Waals surface area contributed by atoms with Gasteiger partial charge in [0.15, 0.2) is 17.5 Å². The van der Waals surface area contributed by atoms with E-state index in [1.807, 2.05) is 55.5 Å². The summed E-state index contributed by atoms with van der Waals surface area (Å²) in [6, 6.07) is 38.9. The van der Waals surface area contributed by atoms with Gasteiger partial charge in [0.25, 0.3) is 0 Å². The van der Waals surface area contributed by atoms with Crippen LogP contribution in [-0.2, 0) is 5.41 Å². The second-order valence-electron chi connectivity index (χ2n) is 11.2. The molecule has 3 heteroatoms. The molecule has 0 aliphatic heterocycles. The first-order valence-corrected chi connectivity index (χ1v) is 15.2. The maximum atomic E-state index is 4.93. The summed E-state index contributed by atoms with van der Waals surface area (Å²) in [7, 11) is 0. The second-order valence-corrected chi connectivity index (χ2v) is 11.2. The molecule has 212 valence electrons. The third kappa shape index (κ3) is 6.03. The van der Waals surface area contributed by atoms with Gasteiger partial charge in [0.05, 0.1) is 0 Å². The Morgan fingerprint density at radius 1 is 0.605 bits per heavy atom. The summed E-state index contributed by atoms with van der Waals surface area (Å²) in [5, 5.41) is 0. The highest BCUT2D eigenvalue weighted by Gasteiger charge is 2.35. The number of allylic oxidation sites excluding steroid dienone is 5. The van der Waals surface area contributed by atoms with Crippen LogP contribution in [0.2, 0.25) is 0 Å². The number of hydrogen-bond donors (Lipinski definition) is 0. The van der Waals surface area contributed by atoms with Crippen molar-refractivity contribution < 1.29 is 0 Å². The highest BCUT2D eigenvalue weighted by molar-refractivity contribution is 5.73. The Morgan fingerprint density at radius 3 is 1.63 bits per heavy atom. The fraction of sp³-hybridized carbons (Fsp3) is 0.175. The lowest BCUT2D eigenvalue weighted by Gasteiger charge is -2.39. The number of aromatic nitrogens is 3. The van der Waals surface area contributed by atoms with Gasteiger partial charge in [-0.1, -0.05) is 159 Å². The van der Waals surface area contributed by atoms with Crippen LogP contribution in [0.1, 0.15) is 56.0 Å². The highest BCUT2D eigenvalue weighted by atomic mass is 15.0. The molecule has 6 rings (SSSR count). The van der Waals surface area contributed by atoms with Crippen molar-refractivity contribution in [3.63, 3.8) is 0 Å². The Kier molecular flexibility index (Phi) is 8.51. The van der Waals surface area contributed by atoms with Crippen molar-refractivity contribution >= 4 is 5.57 Å². The molecule has 0 atom stereocenters. The van der Waals surface area contributed by atoms with Gasteiger partial charge in [-0.25, -0.2) is 15.0 Å². The Hall–Kier alpha value is -4.89. The van der Waals surface area contributed by atoms with Crippen LogP contribution in [0.4, 0.5) is 0 Å². The molecule has 1 aliphatic carbocycles. The fourth-order valence-corrected chi connectivity index (χ4v) is 6.31. The van der Waals surface area contributed by atoms with Crippen LogP contribution < -0.4 is 0 Å². The molecule has 3 nitrogen and oxygen atoms in total. The van der Waals surface area contributed by atoms with Crippen molar-refractivity contribution in [3.8, 4) is 33.9 Å². The largest absolute Gasteiger partial charge is 0.208 e.